The summed E-state index contributed by atoms with van der Waals surface area (Å²) in [6, 6.07) is 23.1. The van der Waals surface area contributed by atoms with Crippen LogP contribution >= 0.6 is 0 Å². The number of hydrogen-bond acceptors (Lipinski definition) is 4. The number of benzene rings is 3. The van der Waals surface area contributed by atoms with E-state index in [2.05, 4.69) is 5.32 Å². The Labute approximate surface area is 205 Å². The highest BCUT2D eigenvalue weighted by molar-refractivity contribution is 7.90. The topological polar surface area (TPSA) is 88.4 Å². The van der Waals surface area contributed by atoms with E-state index in [1.54, 1.807) is 12.3 Å². The molecule has 0 bridgehead atoms. The first-order valence-corrected chi connectivity index (χ1v) is 13.4. The summed E-state index contributed by atoms with van der Waals surface area (Å²) in [7, 11) is -3.88. The molecule has 180 valence electrons. The molecule has 35 heavy (non-hydrogen) atoms. The summed E-state index contributed by atoms with van der Waals surface area (Å²) in [6.45, 7) is 0.414. The lowest BCUT2D eigenvalue weighted by molar-refractivity contribution is 0.0663. The van der Waals surface area contributed by atoms with Crippen molar-refractivity contribution in [1.82, 2.24) is 9.29 Å². The molecule has 4 aromatic rings. The number of nitrogens with one attached hydrogen (secondary N) is 1. The molecule has 5 rings (SSSR count). The Morgan fingerprint density at radius 3 is 2.34 bits per heavy atom. The third-order valence-corrected chi connectivity index (χ3v) is 8.52. The summed E-state index contributed by atoms with van der Waals surface area (Å²) in [5.41, 5.74) is 2.76. The minimum atomic E-state index is -3.88. The van der Waals surface area contributed by atoms with Crippen molar-refractivity contribution in [2.45, 2.75) is 36.7 Å². The molecule has 0 spiro atoms. The summed E-state index contributed by atoms with van der Waals surface area (Å²) in [4.78, 5) is 12.7. The van der Waals surface area contributed by atoms with E-state index in [1.165, 1.54) is 28.2 Å². The second-order valence-corrected chi connectivity index (χ2v) is 10.9. The number of amides is 1. The monoisotopic (exact) mass is 488 g/mol. The minimum absolute atomic E-state index is 0.0631. The maximum atomic E-state index is 13.6. The van der Waals surface area contributed by atoms with Crippen LogP contribution in [-0.4, -0.2) is 36.1 Å². The normalized spacial score (nSPS) is 18.4. The number of carbonyl (C=O) groups is 1. The lowest BCUT2D eigenvalue weighted by Crippen LogP contribution is -2.36. The van der Waals surface area contributed by atoms with Gasteiger partial charge in [0.2, 0.25) is 0 Å². The molecule has 1 aromatic heterocycles. The number of aliphatic hydroxyl groups is 1. The molecule has 3 aromatic carbocycles. The highest BCUT2D eigenvalue weighted by atomic mass is 32.2. The lowest BCUT2D eigenvalue weighted by atomic mass is 9.86. The second-order valence-electron chi connectivity index (χ2n) is 9.07. The molecule has 2 atom stereocenters. The number of carbonyl (C=O) groups excluding carboxylic acids is 1. The van der Waals surface area contributed by atoms with Crippen LogP contribution in [0.3, 0.4) is 0 Å². The Hall–Kier alpha value is -3.42. The second kappa shape index (κ2) is 9.68. The predicted molar refractivity (Wildman–Crippen MR) is 137 cm³/mol. The molecule has 7 heteroatoms. The van der Waals surface area contributed by atoms with E-state index in [1.807, 2.05) is 48.5 Å². The molecule has 1 heterocycles. The van der Waals surface area contributed by atoms with Gasteiger partial charge in [-0.2, -0.15) is 0 Å². The van der Waals surface area contributed by atoms with E-state index < -0.39 is 10.0 Å². The number of nitrogens with zero attached hydrogens (tertiary/aromatic N) is 1. The summed E-state index contributed by atoms with van der Waals surface area (Å²) in [5.74, 6) is -0.210. The Morgan fingerprint density at radius 2 is 1.60 bits per heavy atom. The zero-order valence-corrected chi connectivity index (χ0v) is 20.1. The molecular weight excluding hydrogens is 460 g/mol. The summed E-state index contributed by atoms with van der Waals surface area (Å²) in [6.07, 6.45) is 5.02. The summed E-state index contributed by atoms with van der Waals surface area (Å²) < 4.78 is 28.5. The first kappa shape index (κ1) is 23.3. The molecule has 1 fully saturated rings. The van der Waals surface area contributed by atoms with Crippen molar-refractivity contribution < 1.29 is 18.3 Å². The van der Waals surface area contributed by atoms with Crippen molar-refractivity contribution in [3.05, 3.63) is 90.6 Å². The number of aromatic nitrogens is 1. The highest BCUT2D eigenvalue weighted by Gasteiger charge is 2.24. The first-order valence-electron chi connectivity index (χ1n) is 11.9. The van der Waals surface area contributed by atoms with Crippen LogP contribution in [0.1, 0.15) is 36.0 Å². The molecule has 1 amide bonds. The van der Waals surface area contributed by atoms with Crippen LogP contribution in [0.15, 0.2) is 90.0 Å². The minimum Gasteiger partial charge on any atom is -0.393 e. The zero-order valence-electron chi connectivity index (χ0n) is 19.3. The van der Waals surface area contributed by atoms with E-state index in [0.717, 1.165) is 42.2 Å². The predicted octanol–water partition coefficient (Wildman–Crippen LogP) is 4.83. The van der Waals surface area contributed by atoms with Gasteiger partial charge in [0.05, 0.1) is 16.5 Å². The quantitative estimate of drug-likeness (QED) is 0.407. The van der Waals surface area contributed by atoms with Crippen molar-refractivity contribution in [3.63, 3.8) is 0 Å². The van der Waals surface area contributed by atoms with Gasteiger partial charge in [-0.25, -0.2) is 12.4 Å². The average Bonchev–Trinajstić information content (AvgIpc) is 3.29. The maximum Gasteiger partial charge on any atom is 0.268 e. The summed E-state index contributed by atoms with van der Waals surface area (Å²) >= 11 is 0. The summed E-state index contributed by atoms with van der Waals surface area (Å²) in [5, 5.41) is 13.8. The molecule has 0 aliphatic heterocycles. The molecule has 0 unspecified atom stereocenters. The maximum absolute atomic E-state index is 13.6. The molecule has 2 N–H and O–H groups in total. The largest absolute Gasteiger partial charge is 0.393 e. The lowest BCUT2D eigenvalue weighted by Gasteiger charge is -2.27. The van der Waals surface area contributed by atoms with Crippen molar-refractivity contribution in [3.8, 4) is 11.1 Å². The van der Waals surface area contributed by atoms with Gasteiger partial charge in [-0.15, -0.1) is 0 Å². The van der Waals surface area contributed by atoms with Crippen LogP contribution in [0.5, 0.6) is 0 Å². The van der Waals surface area contributed by atoms with Gasteiger partial charge in [0.1, 0.15) is 0 Å². The first-order chi connectivity index (χ1) is 16.9. The van der Waals surface area contributed by atoms with E-state index in [9.17, 15) is 18.3 Å². The Morgan fingerprint density at radius 1 is 0.914 bits per heavy atom. The van der Waals surface area contributed by atoms with E-state index in [4.69, 9.17) is 0 Å². The van der Waals surface area contributed by atoms with Gasteiger partial charge >= 0.3 is 0 Å². The molecular formula is C28H28N2O4S. The number of hydrogen-bond donors (Lipinski definition) is 2. The fourth-order valence-electron chi connectivity index (χ4n) is 4.84. The van der Waals surface area contributed by atoms with Crippen LogP contribution < -0.4 is 5.32 Å². The zero-order chi connectivity index (χ0) is 24.4. The third-order valence-electron chi connectivity index (χ3n) is 6.83. The van der Waals surface area contributed by atoms with E-state index in [0.29, 0.717) is 17.6 Å². The fourth-order valence-corrected chi connectivity index (χ4v) is 6.21. The molecule has 0 saturated heterocycles. The van der Waals surface area contributed by atoms with Crippen LogP contribution in [0.25, 0.3) is 22.0 Å². The van der Waals surface area contributed by atoms with Crippen molar-refractivity contribution in [2.24, 2.45) is 5.92 Å². The number of aliphatic hydroxyl groups excluding tert-OH is 1. The van der Waals surface area contributed by atoms with Crippen LogP contribution in [0.2, 0.25) is 0 Å². The standard InChI is InChI=1S/C28H28N2O4S/c31-27-13-7-4-10-22(27)18-29-28(32)21-14-16-23(17-15-21)35(33,34)30-19-25(20-8-2-1-3-9-20)24-11-5-6-12-26(24)30/h1-3,5-6,8-9,11-12,14-17,19,22,27,31H,4,7,10,13,18H2,(H,29,32)/t22-,27-/m0/s1. The van der Waals surface area contributed by atoms with Crippen molar-refractivity contribution in [1.29, 1.82) is 0 Å². The van der Waals surface area contributed by atoms with Gasteiger partial charge in [0.15, 0.2) is 0 Å². The Balaban J connectivity index is 1.40. The van der Waals surface area contributed by atoms with Crippen molar-refractivity contribution >= 4 is 26.8 Å². The van der Waals surface area contributed by atoms with Gasteiger partial charge in [-0.05, 0) is 48.7 Å². The van der Waals surface area contributed by atoms with Crippen LogP contribution in [-0.2, 0) is 10.0 Å². The number of fused-ring (bicyclic) bond motifs is 1. The van der Waals surface area contributed by atoms with Crippen LogP contribution in [0.4, 0.5) is 0 Å². The van der Waals surface area contributed by atoms with Gasteiger partial charge < -0.3 is 10.4 Å². The third kappa shape index (κ3) is 4.61. The molecule has 1 aliphatic carbocycles. The average molecular weight is 489 g/mol. The number of rotatable bonds is 6. The van der Waals surface area contributed by atoms with Gasteiger partial charge in [0, 0.05) is 35.2 Å². The van der Waals surface area contributed by atoms with E-state index >= 15 is 0 Å². The van der Waals surface area contributed by atoms with Crippen LogP contribution in [0, 0.1) is 5.92 Å². The Bertz CT molecular complexity index is 1440. The SMILES string of the molecule is O=C(NC[C@@H]1CCCC[C@@H]1O)c1ccc(S(=O)(=O)n2cc(-c3ccccc3)c3ccccc32)cc1. The van der Waals surface area contributed by atoms with Gasteiger partial charge in [-0.1, -0.05) is 61.4 Å². The molecule has 6 nitrogen and oxygen atoms in total. The van der Waals surface area contributed by atoms with Gasteiger partial charge in [-0.3, -0.25) is 4.79 Å². The van der Waals surface area contributed by atoms with E-state index in [-0.39, 0.29) is 22.8 Å². The molecule has 1 aliphatic rings. The van der Waals surface area contributed by atoms with Gasteiger partial charge in [0.25, 0.3) is 15.9 Å². The number of para-hydroxylation sites is 1. The smallest absolute Gasteiger partial charge is 0.268 e. The van der Waals surface area contributed by atoms with Crippen molar-refractivity contribution in [2.75, 3.05) is 6.54 Å². The Kier molecular flexibility index (Phi) is 6.45. The fraction of sp³-hybridized carbons (Fsp3) is 0.250. The highest BCUT2D eigenvalue weighted by Crippen LogP contribution is 2.33. The molecule has 1 saturated carbocycles. The molecule has 0 radical (unpaired) electrons.